The third-order valence-electron chi connectivity index (χ3n) is 5.81. The van der Waals surface area contributed by atoms with Crippen molar-refractivity contribution in [3.8, 4) is 0 Å². The van der Waals surface area contributed by atoms with E-state index in [9.17, 15) is 18.0 Å². The van der Waals surface area contributed by atoms with Crippen LogP contribution in [0.4, 0.5) is 18.9 Å². The van der Waals surface area contributed by atoms with Gasteiger partial charge >= 0.3 is 6.18 Å². The van der Waals surface area contributed by atoms with Crippen LogP contribution in [0.2, 0.25) is 0 Å². The highest BCUT2D eigenvalue weighted by molar-refractivity contribution is 5.82. The normalized spacial score (nSPS) is 22.4. The van der Waals surface area contributed by atoms with Crippen LogP contribution in [-0.2, 0) is 11.0 Å². The molecule has 2 aliphatic heterocycles. The van der Waals surface area contributed by atoms with E-state index in [0.717, 1.165) is 11.6 Å². The first kappa shape index (κ1) is 20.7. The molecule has 2 heterocycles. The predicted molar refractivity (Wildman–Crippen MR) is 109 cm³/mol. The summed E-state index contributed by atoms with van der Waals surface area (Å²) in [6.07, 6.45) is -3.70. The molecule has 2 aliphatic rings. The molecule has 1 amide bonds. The van der Waals surface area contributed by atoms with Crippen molar-refractivity contribution < 1.29 is 18.0 Å². The summed E-state index contributed by atoms with van der Waals surface area (Å²) in [6.45, 7) is 4.03. The van der Waals surface area contributed by atoms with Gasteiger partial charge in [-0.3, -0.25) is 4.79 Å². The number of halogens is 3. The number of nitrogens with zero attached hydrogens (tertiary/aromatic N) is 2. The highest BCUT2D eigenvalue weighted by Crippen LogP contribution is 2.32. The van der Waals surface area contributed by atoms with Gasteiger partial charge in [-0.25, -0.2) is 10.9 Å². The van der Waals surface area contributed by atoms with Gasteiger partial charge in [0, 0.05) is 37.9 Å². The Morgan fingerprint density at radius 1 is 1.00 bits per heavy atom. The average Bonchev–Trinajstić information content (AvgIpc) is 3.24. The van der Waals surface area contributed by atoms with Crippen LogP contribution in [0.25, 0.3) is 0 Å². The molecule has 2 unspecified atom stereocenters. The highest BCUT2D eigenvalue weighted by atomic mass is 19.4. The second-order valence-corrected chi connectivity index (χ2v) is 7.90. The first-order valence-electron chi connectivity index (χ1n) is 10.1. The number of carbonyl (C=O) groups excluding carboxylic acids is 1. The Kier molecular flexibility index (Phi) is 5.71. The van der Waals surface area contributed by atoms with Crippen molar-refractivity contribution in [3.63, 3.8) is 0 Å². The Morgan fingerprint density at radius 2 is 1.70 bits per heavy atom. The molecule has 0 spiro atoms. The molecule has 160 valence electrons. The summed E-state index contributed by atoms with van der Waals surface area (Å²) in [5, 5.41) is 0. The van der Waals surface area contributed by atoms with Crippen LogP contribution >= 0.6 is 0 Å². The van der Waals surface area contributed by atoms with Crippen molar-refractivity contribution >= 4 is 11.6 Å². The summed E-state index contributed by atoms with van der Waals surface area (Å²) in [4.78, 5) is 16.6. The largest absolute Gasteiger partial charge is 0.416 e. The Hall–Kier alpha value is -2.58. The number of anilines is 1. The minimum Gasteiger partial charge on any atom is -0.368 e. The summed E-state index contributed by atoms with van der Waals surface area (Å²) in [5.41, 5.74) is 8.52. The molecule has 8 heteroatoms. The third-order valence-corrected chi connectivity index (χ3v) is 5.81. The number of rotatable bonds is 3. The van der Waals surface area contributed by atoms with Crippen LogP contribution in [0.15, 0.2) is 48.5 Å². The van der Waals surface area contributed by atoms with Crippen LogP contribution in [0.3, 0.4) is 0 Å². The van der Waals surface area contributed by atoms with Gasteiger partial charge < -0.3 is 9.80 Å². The number of hydrazine groups is 1. The molecule has 2 saturated heterocycles. The molecule has 4 rings (SSSR count). The number of hydrogen-bond acceptors (Lipinski definition) is 4. The van der Waals surface area contributed by atoms with Crippen molar-refractivity contribution in [1.29, 1.82) is 0 Å². The molecule has 2 atom stereocenters. The van der Waals surface area contributed by atoms with Gasteiger partial charge in [0.1, 0.15) is 6.04 Å². The lowest BCUT2D eigenvalue weighted by atomic mass is 10.0. The Balaban J connectivity index is 1.33. The van der Waals surface area contributed by atoms with Crippen molar-refractivity contribution in [2.45, 2.75) is 31.6 Å². The second kappa shape index (κ2) is 8.28. The van der Waals surface area contributed by atoms with E-state index in [-0.39, 0.29) is 18.0 Å². The number of carbonyl (C=O) groups is 1. The lowest BCUT2D eigenvalue weighted by Gasteiger charge is -2.37. The first-order chi connectivity index (χ1) is 14.3. The smallest absolute Gasteiger partial charge is 0.368 e. The van der Waals surface area contributed by atoms with Crippen LogP contribution in [0, 0.1) is 6.92 Å². The van der Waals surface area contributed by atoms with E-state index < -0.39 is 11.7 Å². The van der Waals surface area contributed by atoms with Crippen molar-refractivity contribution in [2.75, 3.05) is 31.1 Å². The maximum absolute atomic E-state index is 13.0. The molecule has 0 saturated carbocycles. The summed E-state index contributed by atoms with van der Waals surface area (Å²) < 4.78 is 38.9. The molecule has 0 aromatic heterocycles. The van der Waals surface area contributed by atoms with Crippen molar-refractivity contribution in [3.05, 3.63) is 65.2 Å². The topological polar surface area (TPSA) is 47.6 Å². The Morgan fingerprint density at radius 3 is 2.37 bits per heavy atom. The monoisotopic (exact) mass is 418 g/mol. The van der Waals surface area contributed by atoms with E-state index in [1.165, 1.54) is 17.7 Å². The highest BCUT2D eigenvalue weighted by Gasteiger charge is 2.35. The lowest BCUT2D eigenvalue weighted by molar-refractivity contribution is -0.137. The van der Waals surface area contributed by atoms with E-state index in [2.05, 4.69) is 35.1 Å². The number of benzene rings is 2. The van der Waals surface area contributed by atoms with Crippen LogP contribution in [0.1, 0.15) is 29.2 Å². The van der Waals surface area contributed by atoms with E-state index in [0.29, 0.717) is 38.3 Å². The Bertz CT molecular complexity index is 892. The fraction of sp³-hybridized carbons (Fsp3) is 0.409. The van der Waals surface area contributed by atoms with Gasteiger partial charge in [-0.1, -0.05) is 35.9 Å². The van der Waals surface area contributed by atoms with Crippen molar-refractivity contribution in [2.24, 2.45) is 0 Å². The fourth-order valence-corrected chi connectivity index (χ4v) is 4.02. The molecule has 2 aromatic carbocycles. The fourth-order valence-electron chi connectivity index (χ4n) is 4.02. The standard InChI is InChI=1S/C22H25F3N4O/c1-15-5-7-16(8-6-15)19-14-20(27-26-19)21(30)29-11-9-28(10-12-29)18-4-2-3-17(13-18)22(23,24)25/h2-8,13,19-20,26-27H,9-12,14H2,1H3. The zero-order chi connectivity index (χ0) is 21.3. The molecule has 5 nitrogen and oxygen atoms in total. The molecule has 2 N–H and O–H groups in total. The summed E-state index contributed by atoms with van der Waals surface area (Å²) in [7, 11) is 0. The van der Waals surface area contributed by atoms with E-state index in [1.807, 2.05) is 11.8 Å². The van der Waals surface area contributed by atoms with Gasteiger partial charge in [0.15, 0.2) is 0 Å². The zero-order valence-corrected chi connectivity index (χ0v) is 16.7. The molecule has 0 radical (unpaired) electrons. The van der Waals surface area contributed by atoms with Gasteiger partial charge in [-0.05, 0) is 37.1 Å². The molecule has 0 aliphatic carbocycles. The van der Waals surface area contributed by atoms with Gasteiger partial charge in [0.2, 0.25) is 5.91 Å². The first-order valence-corrected chi connectivity index (χ1v) is 10.1. The molecule has 0 bridgehead atoms. The van der Waals surface area contributed by atoms with Crippen LogP contribution in [0.5, 0.6) is 0 Å². The number of amides is 1. The van der Waals surface area contributed by atoms with Gasteiger partial charge in [-0.2, -0.15) is 13.2 Å². The van der Waals surface area contributed by atoms with Gasteiger partial charge in [-0.15, -0.1) is 0 Å². The summed E-state index contributed by atoms with van der Waals surface area (Å²) in [6, 6.07) is 13.4. The van der Waals surface area contributed by atoms with E-state index in [4.69, 9.17) is 0 Å². The quantitative estimate of drug-likeness (QED) is 0.803. The van der Waals surface area contributed by atoms with Crippen molar-refractivity contribution in [1.82, 2.24) is 15.8 Å². The maximum Gasteiger partial charge on any atom is 0.416 e. The summed E-state index contributed by atoms with van der Waals surface area (Å²) in [5.74, 6) is 0.0285. The van der Waals surface area contributed by atoms with E-state index >= 15 is 0 Å². The average molecular weight is 418 g/mol. The number of hydrogen-bond donors (Lipinski definition) is 2. The molecule has 2 fully saturated rings. The third kappa shape index (κ3) is 4.44. The predicted octanol–water partition coefficient (Wildman–Crippen LogP) is 3.27. The Labute approximate surface area is 173 Å². The number of alkyl halides is 3. The number of aryl methyl sites for hydroxylation is 1. The number of nitrogens with one attached hydrogen (secondary N) is 2. The molecular weight excluding hydrogens is 393 g/mol. The minimum atomic E-state index is -4.36. The molecule has 2 aromatic rings. The maximum atomic E-state index is 13.0. The summed E-state index contributed by atoms with van der Waals surface area (Å²) >= 11 is 0. The second-order valence-electron chi connectivity index (χ2n) is 7.90. The molecule has 30 heavy (non-hydrogen) atoms. The lowest BCUT2D eigenvalue weighted by Crippen LogP contribution is -2.53. The van der Waals surface area contributed by atoms with Gasteiger partial charge in [0.05, 0.1) is 5.56 Å². The minimum absolute atomic E-state index is 0.0285. The van der Waals surface area contributed by atoms with Crippen LogP contribution in [-0.4, -0.2) is 43.0 Å². The SMILES string of the molecule is Cc1ccc(C2CC(C(=O)N3CCN(c4cccc(C(F)(F)F)c4)CC3)NN2)cc1. The van der Waals surface area contributed by atoms with Gasteiger partial charge in [0.25, 0.3) is 0 Å². The molecular formula is C22H25F3N4O. The number of piperazine rings is 1. The van der Waals surface area contributed by atoms with E-state index in [1.54, 1.807) is 11.0 Å². The van der Waals surface area contributed by atoms with Crippen LogP contribution < -0.4 is 15.8 Å². The zero-order valence-electron chi connectivity index (χ0n) is 16.7.